The van der Waals surface area contributed by atoms with Crippen LogP contribution in [0, 0.1) is 5.82 Å². The lowest BCUT2D eigenvalue weighted by Crippen LogP contribution is -2.23. The van der Waals surface area contributed by atoms with E-state index in [-0.39, 0.29) is 22.6 Å². The molecule has 1 aliphatic rings. The SMILES string of the molecule is COC1=CCC(C)Nc2ncnc(NC(=O)Nc3c(Cl)ccc(NS(=O)[O-])c3F)c21. The van der Waals surface area contributed by atoms with Crippen LogP contribution in [0.2, 0.25) is 5.02 Å². The summed E-state index contributed by atoms with van der Waals surface area (Å²) >= 11 is 3.20. The Morgan fingerprint density at radius 1 is 1.40 bits per heavy atom. The Kier molecular flexibility index (Phi) is 6.70. The number of anilines is 4. The molecule has 0 saturated carbocycles. The van der Waals surface area contributed by atoms with Gasteiger partial charge in [-0.3, -0.25) is 9.53 Å². The minimum Gasteiger partial charge on any atom is -0.755 e. The van der Waals surface area contributed by atoms with E-state index >= 15 is 0 Å². The van der Waals surface area contributed by atoms with E-state index in [0.29, 0.717) is 23.6 Å². The molecule has 13 heteroatoms. The second kappa shape index (κ2) is 9.24. The van der Waals surface area contributed by atoms with Crippen LogP contribution in [0.3, 0.4) is 0 Å². The summed E-state index contributed by atoms with van der Waals surface area (Å²) in [6.07, 6.45) is 3.76. The van der Waals surface area contributed by atoms with Gasteiger partial charge in [-0.1, -0.05) is 11.6 Å². The molecule has 2 unspecified atom stereocenters. The minimum atomic E-state index is -2.75. The first-order valence-corrected chi connectivity index (χ1v) is 10.0. The Morgan fingerprint density at radius 3 is 2.87 bits per heavy atom. The van der Waals surface area contributed by atoms with E-state index in [9.17, 15) is 17.9 Å². The van der Waals surface area contributed by atoms with Crippen LogP contribution in [0.5, 0.6) is 0 Å². The zero-order chi connectivity index (χ0) is 21.8. The van der Waals surface area contributed by atoms with Crippen molar-refractivity contribution < 1.29 is 22.7 Å². The van der Waals surface area contributed by atoms with Gasteiger partial charge in [0.2, 0.25) is 0 Å². The number of methoxy groups -OCH3 is 1. The molecule has 10 nitrogen and oxygen atoms in total. The van der Waals surface area contributed by atoms with Gasteiger partial charge >= 0.3 is 6.03 Å². The summed E-state index contributed by atoms with van der Waals surface area (Å²) in [5, 5.41) is 7.84. The molecule has 0 saturated heterocycles. The third-order valence-corrected chi connectivity index (χ3v) is 4.81. The molecule has 1 aliphatic heterocycles. The lowest BCUT2D eigenvalue weighted by atomic mass is 10.2. The molecule has 1 aromatic carbocycles. The van der Waals surface area contributed by atoms with Crippen molar-refractivity contribution in [1.29, 1.82) is 0 Å². The summed E-state index contributed by atoms with van der Waals surface area (Å²) in [5.74, 6) is 0.00725. The number of nitrogens with zero attached hydrogens (tertiary/aromatic N) is 2. The summed E-state index contributed by atoms with van der Waals surface area (Å²) < 4.78 is 43.4. The highest BCUT2D eigenvalue weighted by Crippen LogP contribution is 2.33. The molecule has 2 amide bonds. The number of carbonyl (C=O) groups excluding carboxylic acids is 1. The Morgan fingerprint density at radius 2 is 2.17 bits per heavy atom. The first kappa shape index (κ1) is 21.7. The van der Waals surface area contributed by atoms with E-state index in [4.69, 9.17) is 16.3 Å². The minimum absolute atomic E-state index is 0.0719. The van der Waals surface area contributed by atoms with Gasteiger partial charge in [-0.2, -0.15) is 0 Å². The van der Waals surface area contributed by atoms with Gasteiger partial charge in [0.25, 0.3) is 0 Å². The molecule has 3 rings (SSSR count). The summed E-state index contributed by atoms with van der Waals surface area (Å²) in [4.78, 5) is 20.8. The fraction of sp³-hybridized carbons (Fsp3) is 0.235. The van der Waals surface area contributed by atoms with Crippen molar-refractivity contribution in [3.05, 3.63) is 40.9 Å². The summed E-state index contributed by atoms with van der Waals surface area (Å²) in [6.45, 7) is 1.96. The number of fused-ring (bicyclic) bond motifs is 1. The Labute approximate surface area is 178 Å². The summed E-state index contributed by atoms with van der Waals surface area (Å²) in [7, 11) is 1.48. The largest absolute Gasteiger partial charge is 0.755 e. The Bertz CT molecular complexity index is 1040. The van der Waals surface area contributed by atoms with Crippen LogP contribution < -0.4 is 20.7 Å². The predicted molar refractivity (Wildman–Crippen MR) is 111 cm³/mol. The first-order valence-electron chi connectivity index (χ1n) is 8.58. The maximum Gasteiger partial charge on any atom is 0.324 e. The second-order valence-electron chi connectivity index (χ2n) is 6.20. The standard InChI is InChI=1S/C17H18ClFN6O4S/c1-8-3-6-11(29-2)12-15(22-8)20-7-21-16(12)24-17(26)23-14-9(18)4-5-10(13(14)19)25-30(27)28/h4-8,25H,3H2,1-2H3,(H,27,28)(H3,20,21,22,23,24,26)/p-1. The number of nitrogens with one attached hydrogen (secondary N) is 4. The van der Waals surface area contributed by atoms with Crippen LogP contribution in [0.15, 0.2) is 24.5 Å². The van der Waals surface area contributed by atoms with Gasteiger partial charge in [0.15, 0.2) is 11.6 Å². The average molecular weight is 456 g/mol. The number of urea groups is 1. The Balaban J connectivity index is 1.88. The highest BCUT2D eigenvalue weighted by Gasteiger charge is 2.23. The maximum atomic E-state index is 14.6. The lowest BCUT2D eigenvalue weighted by Gasteiger charge is -2.17. The number of halogens is 2. The van der Waals surface area contributed by atoms with Gasteiger partial charge in [-0.25, -0.2) is 19.2 Å². The van der Waals surface area contributed by atoms with Crippen molar-refractivity contribution >= 4 is 57.7 Å². The summed E-state index contributed by atoms with van der Waals surface area (Å²) in [6, 6.07) is 1.58. The third-order valence-electron chi connectivity index (χ3n) is 4.11. The Hall–Kier alpha value is -2.96. The van der Waals surface area contributed by atoms with Crippen molar-refractivity contribution in [2.24, 2.45) is 0 Å². The molecular weight excluding hydrogens is 439 g/mol. The summed E-state index contributed by atoms with van der Waals surface area (Å²) in [5.41, 5.74) is -0.344. The van der Waals surface area contributed by atoms with Crippen LogP contribution in [0.1, 0.15) is 18.9 Å². The van der Waals surface area contributed by atoms with E-state index < -0.39 is 28.8 Å². The van der Waals surface area contributed by atoms with E-state index in [0.717, 1.165) is 6.07 Å². The second-order valence-corrected chi connectivity index (χ2v) is 7.28. The van der Waals surface area contributed by atoms with E-state index in [1.54, 1.807) is 0 Å². The molecule has 160 valence electrons. The molecule has 0 aliphatic carbocycles. The van der Waals surface area contributed by atoms with Gasteiger partial charge in [0.05, 0.1) is 23.5 Å². The van der Waals surface area contributed by atoms with Gasteiger partial charge < -0.3 is 24.6 Å². The monoisotopic (exact) mass is 455 g/mol. The normalized spacial score (nSPS) is 16.3. The lowest BCUT2D eigenvalue weighted by molar-refractivity contribution is 0.262. The van der Waals surface area contributed by atoms with E-state index in [1.165, 1.54) is 19.5 Å². The number of ether oxygens (including phenoxy) is 1. The number of hydrogen-bond acceptors (Lipinski definition) is 7. The number of hydrogen-bond donors (Lipinski definition) is 4. The molecule has 2 heterocycles. The quantitative estimate of drug-likeness (QED) is 0.507. The number of benzene rings is 1. The van der Waals surface area contributed by atoms with Gasteiger partial charge in [0.1, 0.15) is 23.5 Å². The van der Waals surface area contributed by atoms with Crippen molar-refractivity contribution in [1.82, 2.24) is 9.97 Å². The zero-order valence-corrected chi connectivity index (χ0v) is 17.4. The van der Waals surface area contributed by atoms with Crippen LogP contribution in [-0.2, 0) is 16.0 Å². The number of amides is 2. The molecule has 0 fully saturated rings. The molecule has 2 aromatic rings. The molecule has 2 atom stereocenters. The smallest absolute Gasteiger partial charge is 0.324 e. The van der Waals surface area contributed by atoms with E-state index in [2.05, 4.69) is 25.9 Å². The molecular formula is C17H17ClFN6O4S-. The number of aromatic nitrogens is 2. The highest BCUT2D eigenvalue weighted by molar-refractivity contribution is 7.80. The van der Waals surface area contributed by atoms with Crippen molar-refractivity contribution in [2.45, 2.75) is 19.4 Å². The third kappa shape index (κ3) is 4.78. The van der Waals surface area contributed by atoms with Crippen molar-refractivity contribution in [3.8, 4) is 0 Å². The molecule has 0 bridgehead atoms. The molecule has 30 heavy (non-hydrogen) atoms. The molecule has 1 aromatic heterocycles. The van der Waals surface area contributed by atoms with Gasteiger partial charge in [-0.15, -0.1) is 0 Å². The average Bonchev–Trinajstić information content (AvgIpc) is 2.85. The van der Waals surface area contributed by atoms with Gasteiger partial charge in [-0.05, 0) is 31.6 Å². The van der Waals surface area contributed by atoms with Crippen LogP contribution in [0.25, 0.3) is 5.76 Å². The first-order chi connectivity index (χ1) is 14.3. The number of carbonyl (C=O) groups is 1. The fourth-order valence-electron chi connectivity index (χ4n) is 2.77. The molecule has 4 N–H and O–H groups in total. The highest BCUT2D eigenvalue weighted by atomic mass is 35.5. The van der Waals surface area contributed by atoms with Crippen LogP contribution in [0.4, 0.5) is 32.2 Å². The molecule has 0 radical (unpaired) electrons. The van der Waals surface area contributed by atoms with Crippen molar-refractivity contribution in [3.63, 3.8) is 0 Å². The number of rotatable bonds is 5. The molecule has 0 spiro atoms. The zero-order valence-electron chi connectivity index (χ0n) is 15.8. The maximum absolute atomic E-state index is 14.6. The van der Waals surface area contributed by atoms with Gasteiger partial charge in [0, 0.05) is 17.3 Å². The topological polar surface area (TPSA) is 140 Å². The van der Waals surface area contributed by atoms with E-state index in [1.807, 2.05) is 17.7 Å². The fourth-order valence-corrected chi connectivity index (χ4v) is 3.31. The van der Waals surface area contributed by atoms with Crippen LogP contribution >= 0.6 is 11.6 Å². The van der Waals surface area contributed by atoms with Crippen molar-refractivity contribution in [2.75, 3.05) is 27.8 Å². The predicted octanol–water partition coefficient (Wildman–Crippen LogP) is 3.31. The van der Waals surface area contributed by atoms with Crippen LogP contribution in [-0.4, -0.2) is 37.9 Å².